The van der Waals surface area contributed by atoms with Crippen LogP contribution in [0, 0.1) is 0 Å². The molecule has 2 N–H and O–H groups in total. The normalized spacial score (nSPS) is 24.5. The number of nitrogens with one attached hydrogen (secondary N) is 2. The lowest BCUT2D eigenvalue weighted by Gasteiger charge is -2.28. The molecule has 2 aliphatic rings. The molecule has 0 spiro atoms. The smallest absolute Gasteiger partial charge is 0.317 e. The standard InChI is InChI=1S/C11H21N3O/c1-14(11(15)13-10-4-5-10)8-2-3-9-6-7-12-9/h9-10,12H,2-8H2,1H3,(H,13,15). The Morgan fingerprint density at radius 1 is 1.47 bits per heavy atom. The van der Waals surface area contributed by atoms with E-state index in [0.29, 0.717) is 12.1 Å². The van der Waals surface area contributed by atoms with Crippen molar-refractivity contribution >= 4 is 6.03 Å². The fourth-order valence-electron chi connectivity index (χ4n) is 1.78. The van der Waals surface area contributed by atoms with Gasteiger partial charge in [0.05, 0.1) is 0 Å². The molecule has 1 atom stereocenters. The highest BCUT2D eigenvalue weighted by atomic mass is 16.2. The molecule has 2 rings (SSSR count). The zero-order chi connectivity index (χ0) is 10.7. The lowest BCUT2D eigenvalue weighted by atomic mass is 10.0. The summed E-state index contributed by atoms with van der Waals surface area (Å²) in [6, 6.07) is 1.28. The zero-order valence-corrected chi connectivity index (χ0v) is 9.46. The van der Waals surface area contributed by atoms with Crippen molar-refractivity contribution in [3.63, 3.8) is 0 Å². The van der Waals surface area contributed by atoms with Crippen LogP contribution in [-0.2, 0) is 0 Å². The molecule has 0 radical (unpaired) electrons. The average molecular weight is 211 g/mol. The van der Waals surface area contributed by atoms with Gasteiger partial charge in [-0.3, -0.25) is 0 Å². The molecule has 2 amide bonds. The molecule has 0 aromatic heterocycles. The molecule has 0 bridgehead atoms. The molecule has 1 saturated heterocycles. The Kier molecular flexibility index (Phi) is 3.46. The Morgan fingerprint density at radius 2 is 2.20 bits per heavy atom. The summed E-state index contributed by atoms with van der Waals surface area (Å²) in [4.78, 5) is 13.4. The van der Waals surface area contributed by atoms with Crippen molar-refractivity contribution in [3.05, 3.63) is 0 Å². The number of amides is 2. The van der Waals surface area contributed by atoms with E-state index in [-0.39, 0.29) is 6.03 Å². The van der Waals surface area contributed by atoms with Crippen molar-refractivity contribution in [1.82, 2.24) is 15.5 Å². The molecule has 4 nitrogen and oxygen atoms in total. The van der Waals surface area contributed by atoms with E-state index in [2.05, 4.69) is 10.6 Å². The van der Waals surface area contributed by atoms with Crippen LogP contribution in [0.5, 0.6) is 0 Å². The first-order valence-corrected chi connectivity index (χ1v) is 6.01. The lowest BCUT2D eigenvalue weighted by Crippen LogP contribution is -2.43. The van der Waals surface area contributed by atoms with Crippen LogP contribution >= 0.6 is 0 Å². The van der Waals surface area contributed by atoms with Crippen LogP contribution in [0.4, 0.5) is 4.79 Å². The van der Waals surface area contributed by atoms with Crippen LogP contribution in [0.3, 0.4) is 0 Å². The quantitative estimate of drug-likeness (QED) is 0.710. The summed E-state index contributed by atoms with van der Waals surface area (Å²) in [5, 5.41) is 6.36. The molecular weight excluding hydrogens is 190 g/mol. The third-order valence-electron chi connectivity index (χ3n) is 3.22. The summed E-state index contributed by atoms with van der Waals surface area (Å²) in [5.41, 5.74) is 0. The van der Waals surface area contributed by atoms with Gasteiger partial charge in [0.25, 0.3) is 0 Å². The summed E-state index contributed by atoms with van der Waals surface area (Å²) in [6.07, 6.45) is 5.92. The Morgan fingerprint density at radius 3 is 2.73 bits per heavy atom. The zero-order valence-electron chi connectivity index (χ0n) is 9.46. The minimum absolute atomic E-state index is 0.0964. The second-order valence-corrected chi connectivity index (χ2v) is 4.73. The first-order valence-electron chi connectivity index (χ1n) is 6.01. The van der Waals surface area contributed by atoms with Crippen LogP contribution in [0.2, 0.25) is 0 Å². The topological polar surface area (TPSA) is 44.4 Å². The van der Waals surface area contributed by atoms with Crippen LogP contribution < -0.4 is 10.6 Å². The number of nitrogens with zero attached hydrogens (tertiary/aromatic N) is 1. The van der Waals surface area contributed by atoms with Crippen molar-refractivity contribution in [2.24, 2.45) is 0 Å². The van der Waals surface area contributed by atoms with E-state index in [0.717, 1.165) is 25.8 Å². The van der Waals surface area contributed by atoms with Crippen LogP contribution in [0.15, 0.2) is 0 Å². The molecule has 0 aromatic rings. The van der Waals surface area contributed by atoms with E-state index in [1.165, 1.54) is 19.4 Å². The SMILES string of the molecule is CN(CCCC1CCN1)C(=O)NC1CC1. The van der Waals surface area contributed by atoms with Crippen molar-refractivity contribution in [3.8, 4) is 0 Å². The maximum atomic E-state index is 11.6. The van der Waals surface area contributed by atoms with Gasteiger partial charge in [0, 0.05) is 25.7 Å². The second-order valence-electron chi connectivity index (χ2n) is 4.73. The van der Waals surface area contributed by atoms with Crippen LogP contribution in [0.1, 0.15) is 32.1 Å². The minimum atomic E-state index is 0.0964. The molecule has 4 heteroatoms. The number of rotatable bonds is 5. The number of urea groups is 1. The van der Waals surface area contributed by atoms with E-state index in [9.17, 15) is 4.79 Å². The summed E-state index contributed by atoms with van der Waals surface area (Å²) >= 11 is 0. The Bertz CT molecular complexity index is 224. The van der Waals surface area contributed by atoms with Gasteiger partial charge in [-0.05, 0) is 38.6 Å². The third kappa shape index (κ3) is 3.38. The van der Waals surface area contributed by atoms with Gasteiger partial charge in [-0.1, -0.05) is 0 Å². The molecule has 86 valence electrons. The maximum Gasteiger partial charge on any atom is 0.317 e. The van der Waals surface area contributed by atoms with E-state index in [1.807, 2.05) is 7.05 Å². The molecule has 1 unspecified atom stereocenters. The fourth-order valence-corrected chi connectivity index (χ4v) is 1.78. The van der Waals surface area contributed by atoms with Crippen molar-refractivity contribution in [2.45, 2.75) is 44.2 Å². The second kappa shape index (κ2) is 4.84. The Hall–Kier alpha value is -0.770. The fraction of sp³-hybridized carbons (Fsp3) is 0.909. The lowest BCUT2D eigenvalue weighted by molar-refractivity contribution is 0.205. The van der Waals surface area contributed by atoms with E-state index >= 15 is 0 Å². The Balaban J connectivity index is 1.53. The van der Waals surface area contributed by atoms with E-state index in [4.69, 9.17) is 0 Å². The summed E-state index contributed by atoms with van der Waals surface area (Å²) in [7, 11) is 1.88. The molecule has 1 saturated carbocycles. The van der Waals surface area contributed by atoms with Gasteiger partial charge >= 0.3 is 6.03 Å². The van der Waals surface area contributed by atoms with Crippen molar-refractivity contribution in [1.29, 1.82) is 0 Å². The molecule has 0 aromatic carbocycles. The van der Waals surface area contributed by atoms with Gasteiger partial charge < -0.3 is 15.5 Å². The highest BCUT2D eigenvalue weighted by Crippen LogP contribution is 2.18. The largest absolute Gasteiger partial charge is 0.335 e. The predicted molar refractivity (Wildman–Crippen MR) is 59.8 cm³/mol. The van der Waals surface area contributed by atoms with Crippen LogP contribution in [-0.4, -0.2) is 43.2 Å². The predicted octanol–water partition coefficient (Wildman–Crippen LogP) is 0.932. The van der Waals surface area contributed by atoms with Gasteiger partial charge in [-0.25, -0.2) is 4.79 Å². The number of carbonyl (C=O) groups is 1. The maximum absolute atomic E-state index is 11.6. The van der Waals surface area contributed by atoms with Crippen molar-refractivity contribution in [2.75, 3.05) is 20.1 Å². The summed E-state index contributed by atoms with van der Waals surface area (Å²) < 4.78 is 0. The highest BCUT2D eigenvalue weighted by molar-refractivity contribution is 5.74. The number of hydrogen-bond donors (Lipinski definition) is 2. The molecule has 1 heterocycles. The van der Waals surface area contributed by atoms with Gasteiger partial charge in [-0.2, -0.15) is 0 Å². The van der Waals surface area contributed by atoms with Gasteiger partial charge in [-0.15, -0.1) is 0 Å². The molecule has 1 aliphatic heterocycles. The summed E-state index contributed by atoms with van der Waals surface area (Å²) in [5.74, 6) is 0. The highest BCUT2D eigenvalue weighted by Gasteiger charge is 2.24. The molecular formula is C11H21N3O. The molecule has 1 aliphatic carbocycles. The van der Waals surface area contributed by atoms with E-state index < -0.39 is 0 Å². The minimum Gasteiger partial charge on any atom is -0.335 e. The first-order chi connectivity index (χ1) is 7.25. The monoisotopic (exact) mass is 211 g/mol. The number of hydrogen-bond acceptors (Lipinski definition) is 2. The first kappa shape index (κ1) is 10.7. The molecule has 15 heavy (non-hydrogen) atoms. The average Bonchev–Trinajstić information content (AvgIpc) is 2.92. The summed E-state index contributed by atoms with van der Waals surface area (Å²) in [6.45, 7) is 2.04. The van der Waals surface area contributed by atoms with Crippen LogP contribution in [0.25, 0.3) is 0 Å². The van der Waals surface area contributed by atoms with Gasteiger partial charge in [0.1, 0.15) is 0 Å². The van der Waals surface area contributed by atoms with Gasteiger partial charge in [0.2, 0.25) is 0 Å². The molecule has 2 fully saturated rings. The van der Waals surface area contributed by atoms with Crippen molar-refractivity contribution < 1.29 is 4.79 Å². The third-order valence-corrected chi connectivity index (χ3v) is 3.22. The number of carbonyl (C=O) groups excluding carboxylic acids is 1. The van der Waals surface area contributed by atoms with Gasteiger partial charge in [0.15, 0.2) is 0 Å². The van der Waals surface area contributed by atoms with E-state index in [1.54, 1.807) is 4.90 Å². The Labute approximate surface area is 91.4 Å².